The smallest absolute Gasteiger partial charge is 0.201 e. The van der Waals surface area contributed by atoms with Crippen LogP contribution in [-0.2, 0) is 5.67 Å². The molecule has 0 bridgehead atoms. The van der Waals surface area contributed by atoms with Crippen LogP contribution in [0.2, 0.25) is 0 Å². The molecule has 0 fully saturated rings. The summed E-state index contributed by atoms with van der Waals surface area (Å²) in [4.78, 5) is 0. The molecule has 0 aliphatic carbocycles. The first kappa shape index (κ1) is 32.5. The second-order valence-electron chi connectivity index (χ2n) is 8.31. The second-order valence-corrected chi connectivity index (χ2v) is 8.31. The van der Waals surface area contributed by atoms with E-state index in [-0.39, 0.29) is 0 Å². The van der Waals surface area contributed by atoms with Crippen molar-refractivity contribution in [1.82, 2.24) is 0 Å². The van der Waals surface area contributed by atoms with Crippen LogP contribution in [0.1, 0.15) is 16.7 Å². The molecule has 0 aliphatic rings. The monoisotopic (exact) mass is 661 g/mol. The van der Waals surface area contributed by atoms with E-state index in [1.165, 1.54) is 0 Å². The molecule has 0 aliphatic heterocycles. The molecule has 19 heteroatoms. The van der Waals surface area contributed by atoms with Gasteiger partial charge in [0.2, 0.25) is 17.3 Å². The number of halogens is 19. The number of benzene rings is 4. The lowest BCUT2D eigenvalue weighted by atomic mass is 9.76. The van der Waals surface area contributed by atoms with Crippen molar-refractivity contribution in [3.05, 3.63) is 127 Å². The lowest BCUT2D eigenvalue weighted by Crippen LogP contribution is -2.35. The lowest BCUT2D eigenvalue weighted by molar-refractivity contribution is 0.215. The first-order valence-corrected chi connectivity index (χ1v) is 10.6. The molecule has 0 saturated heterocycles. The van der Waals surface area contributed by atoms with Crippen LogP contribution in [-0.4, -0.2) is 0 Å². The van der Waals surface area contributed by atoms with Crippen molar-refractivity contribution in [2.24, 2.45) is 0 Å². The van der Waals surface area contributed by atoms with Gasteiger partial charge in [0, 0.05) is 22.8 Å². The minimum atomic E-state index is -6.22. The van der Waals surface area contributed by atoms with E-state index in [2.05, 4.69) is 0 Å². The van der Waals surface area contributed by atoms with Crippen LogP contribution in [0, 0.1) is 111 Å². The predicted octanol–water partition coefficient (Wildman–Crippen LogP) is 8.92. The number of rotatable bonds is 4. The van der Waals surface area contributed by atoms with Crippen molar-refractivity contribution >= 4 is 0 Å². The van der Waals surface area contributed by atoms with Crippen molar-refractivity contribution in [2.75, 3.05) is 0 Å². The molecular formula is C25F19. The third-order valence-electron chi connectivity index (χ3n) is 6.00. The van der Waals surface area contributed by atoms with E-state index in [1.807, 2.05) is 0 Å². The van der Waals surface area contributed by atoms with Crippen molar-refractivity contribution in [3.8, 4) is 11.1 Å². The maximum Gasteiger partial charge on any atom is 0.201 e. The van der Waals surface area contributed by atoms with Gasteiger partial charge in [0.1, 0.15) is 0 Å². The molecular weight excluding hydrogens is 661 g/mol. The molecule has 0 nitrogen and oxygen atoms in total. The Balaban J connectivity index is 2.48. The topological polar surface area (TPSA) is 0 Å². The van der Waals surface area contributed by atoms with Crippen LogP contribution >= 0.6 is 0 Å². The third-order valence-corrected chi connectivity index (χ3v) is 6.00. The third kappa shape index (κ3) is 4.18. The lowest BCUT2D eigenvalue weighted by Gasteiger charge is -2.31. The van der Waals surface area contributed by atoms with Gasteiger partial charge < -0.3 is 0 Å². The van der Waals surface area contributed by atoms with Crippen LogP contribution < -0.4 is 0 Å². The summed E-state index contributed by atoms with van der Waals surface area (Å²) in [6, 6.07) is 0.643. The summed E-state index contributed by atoms with van der Waals surface area (Å²) in [7, 11) is 0. The molecule has 0 unspecified atom stereocenters. The first-order valence-electron chi connectivity index (χ1n) is 10.6. The minimum absolute atomic E-state index is 0.643. The molecule has 4 rings (SSSR count). The SMILES string of the molecule is Fc1[c]c(-c2c(F)c(F)c(F)c(F)c2C(F)(c2c(F)c(F)c(F)c(F)c2F)c2c(F)c(F)c(F)c(F)c2F)c(F)c(F)c1F. The predicted molar refractivity (Wildman–Crippen MR) is 104 cm³/mol. The van der Waals surface area contributed by atoms with E-state index in [0.717, 1.165) is 0 Å². The maximum atomic E-state index is 17.2. The summed E-state index contributed by atoms with van der Waals surface area (Å²) in [5, 5.41) is 0. The van der Waals surface area contributed by atoms with Crippen molar-refractivity contribution < 1.29 is 83.4 Å². The molecule has 0 N–H and O–H groups in total. The Bertz CT molecular complexity index is 1780. The molecule has 0 atom stereocenters. The highest BCUT2D eigenvalue weighted by atomic mass is 19.2. The van der Waals surface area contributed by atoms with Crippen molar-refractivity contribution in [2.45, 2.75) is 5.67 Å². The van der Waals surface area contributed by atoms with Crippen LogP contribution in [0.3, 0.4) is 0 Å². The Morgan fingerprint density at radius 1 is 0.295 bits per heavy atom. The largest absolute Gasteiger partial charge is 0.227 e. The zero-order valence-corrected chi connectivity index (χ0v) is 19.7. The molecule has 0 amide bonds. The molecule has 1 radical (unpaired) electrons. The van der Waals surface area contributed by atoms with E-state index < -0.39 is 138 Å². The van der Waals surface area contributed by atoms with E-state index in [1.54, 1.807) is 0 Å². The van der Waals surface area contributed by atoms with E-state index in [0.29, 0.717) is 6.07 Å². The van der Waals surface area contributed by atoms with Crippen LogP contribution in [0.5, 0.6) is 0 Å². The standard InChI is InChI=1S/C25F19/c26-3-1-2(8(27)16(35)9(3)28)4-5(11(30)18(37)17(36)10(4)29)25(44,6-12(31)19(38)23(42)20(39)13(6)32)7-14(33)21(40)24(43)22(41)15(7)34. The Morgan fingerprint density at radius 3 is 0.932 bits per heavy atom. The molecule has 44 heavy (non-hydrogen) atoms. The highest BCUT2D eigenvalue weighted by Crippen LogP contribution is 2.52. The van der Waals surface area contributed by atoms with Crippen molar-refractivity contribution in [1.29, 1.82) is 0 Å². The van der Waals surface area contributed by atoms with Crippen molar-refractivity contribution in [3.63, 3.8) is 0 Å². The Morgan fingerprint density at radius 2 is 0.568 bits per heavy atom. The highest BCUT2D eigenvalue weighted by molar-refractivity contribution is 5.73. The summed E-state index contributed by atoms with van der Waals surface area (Å²) < 4.78 is 276. The molecule has 0 spiro atoms. The van der Waals surface area contributed by atoms with E-state index in [4.69, 9.17) is 0 Å². The molecule has 0 aromatic heterocycles. The molecule has 4 aromatic rings. The minimum Gasteiger partial charge on any atom is -0.227 e. The van der Waals surface area contributed by atoms with Gasteiger partial charge in [-0.2, -0.15) is 0 Å². The normalized spacial score (nSPS) is 12.0. The van der Waals surface area contributed by atoms with Gasteiger partial charge in [-0.25, -0.2) is 83.4 Å². The molecule has 0 saturated carbocycles. The fraction of sp³-hybridized carbons (Fsp3) is 0.0400. The fourth-order valence-electron chi connectivity index (χ4n) is 4.07. The Kier molecular flexibility index (Phi) is 7.83. The van der Waals surface area contributed by atoms with Gasteiger partial charge in [0.25, 0.3) is 0 Å². The quantitative estimate of drug-likeness (QED) is 0.0888. The maximum absolute atomic E-state index is 17.2. The molecule has 233 valence electrons. The average Bonchev–Trinajstić information content (AvgIpc) is 2.98. The zero-order valence-electron chi connectivity index (χ0n) is 19.7. The summed E-state index contributed by atoms with van der Waals surface area (Å²) in [6.45, 7) is 0. The summed E-state index contributed by atoms with van der Waals surface area (Å²) in [5.74, 6) is -60.0. The van der Waals surface area contributed by atoms with Gasteiger partial charge in [-0.1, -0.05) is 0 Å². The van der Waals surface area contributed by atoms with Gasteiger partial charge >= 0.3 is 0 Å². The van der Waals surface area contributed by atoms with Gasteiger partial charge in [-0.3, -0.25) is 0 Å². The highest BCUT2D eigenvalue weighted by Gasteiger charge is 2.54. The van der Waals surface area contributed by atoms with Crippen LogP contribution in [0.4, 0.5) is 83.4 Å². The Labute approximate surface area is 228 Å². The molecule has 0 heterocycles. The van der Waals surface area contributed by atoms with Crippen LogP contribution in [0.25, 0.3) is 11.1 Å². The second kappa shape index (κ2) is 10.6. The van der Waals surface area contributed by atoms with Gasteiger partial charge in [0.15, 0.2) is 93.1 Å². The van der Waals surface area contributed by atoms with Gasteiger partial charge in [0.05, 0.1) is 11.1 Å². The number of alkyl halides is 1. The molecule has 4 aromatic carbocycles. The zero-order chi connectivity index (χ0) is 33.5. The van der Waals surface area contributed by atoms with E-state index >= 15 is 13.2 Å². The average molecular weight is 661 g/mol. The summed E-state index contributed by atoms with van der Waals surface area (Å²) >= 11 is 0. The van der Waals surface area contributed by atoms with Gasteiger partial charge in [-0.05, 0) is 0 Å². The fourth-order valence-corrected chi connectivity index (χ4v) is 4.07. The first-order chi connectivity index (χ1) is 20.2. The number of hydrogen-bond acceptors (Lipinski definition) is 0. The van der Waals surface area contributed by atoms with E-state index in [9.17, 15) is 70.2 Å². The summed E-state index contributed by atoms with van der Waals surface area (Å²) in [5.41, 5.74) is -22.4. The summed E-state index contributed by atoms with van der Waals surface area (Å²) in [6.07, 6.45) is 0. The van der Waals surface area contributed by atoms with Crippen LogP contribution in [0.15, 0.2) is 0 Å². The number of hydrogen-bond donors (Lipinski definition) is 0. The van der Waals surface area contributed by atoms with Gasteiger partial charge in [-0.15, -0.1) is 0 Å². The Hall–Kier alpha value is -4.45.